The highest BCUT2D eigenvalue weighted by molar-refractivity contribution is 7.74. The van der Waals surface area contributed by atoms with Crippen LogP contribution in [0.25, 0.3) is 44.1 Å². The van der Waals surface area contributed by atoms with Crippen LogP contribution in [0, 0.1) is 13.8 Å². The van der Waals surface area contributed by atoms with Crippen LogP contribution < -0.4 is 8.37 Å². The van der Waals surface area contributed by atoms with Gasteiger partial charge < -0.3 is 8.37 Å². The van der Waals surface area contributed by atoms with Gasteiger partial charge in [-0.1, -0.05) is 36.4 Å². The van der Waals surface area contributed by atoms with E-state index < -0.39 is 22.7 Å². The van der Waals surface area contributed by atoms with Crippen LogP contribution in [0.4, 0.5) is 0 Å². The maximum absolute atomic E-state index is 10.9. The van der Waals surface area contributed by atoms with Crippen molar-refractivity contribution in [1.29, 1.82) is 0 Å². The van der Waals surface area contributed by atoms with Gasteiger partial charge in [-0.05, 0) is 72.5 Å². The van der Waals surface area contributed by atoms with Crippen LogP contribution in [-0.4, -0.2) is 27.5 Å². The zero-order chi connectivity index (χ0) is 25.4. The third kappa shape index (κ3) is 4.84. The third-order valence-corrected chi connectivity index (χ3v) is 6.35. The van der Waals surface area contributed by atoms with E-state index in [-0.39, 0.29) is 0 Å². The molecule has 0 saturated carbocycles. The Bertz CT molecular complexity index is 1530. The van der Waals surface area contributed by atoms with E-state index in [1.54, 1.807) is 24.3 Å². The lowest BCUT2D eigenvalue weighted by Gasteiger charge is -2.14. The summed E-state index contributed by atoms with van der Waals surface area (Å²) in [6.45, 7) is 3.85. The number of rotatable bonds is 6. The van der Waals surface area contributed by atoms with Gasteiger partial charge in [-0.3, -0.25) is 19.1 Å². The molecule has 0 amide bonds. The van der Waals surface area contributed by atoms with Crippen LogP contribution in [0.5, 0.6) is 11.5 Å². The minimum absolute atomic E-state index is 0.295. The summed E-state index contributed by atoms with van der Waals surface area (Å²) in [5.41, 5.74) is 6.91. The minimum atomic E-state index is -2.38. The number of benzene rings is 3. The largest absolute Gasteiger partial charge is 0.380 e. The highest BCUT2D eigenvalue weighted by atomic mass is 32.2. The van der Waals surface area contributed by atoms with Crippen LogP contribution in [0.3, 0.4) is 0 Å². The molecular weight excluding hydrogens is 500 g/mol. The SMILES string of the molecule is Cc1cc(-c2ccc(OS(=O)O)cc2)c2ccc3c(-c4ccc(OS(=O)O)cc4)cc(C)nc3c2n1. The topological polar surface area (TPSA) is 119 Å². The van der Waals surface area contributed by atoms with Gasteiger partial charge in [0, 0.05) is 22.2 Å². The first-order chi connectivity index (χ1) is 17.3. The van der Waals surface area contributed by atoms with Crippen molar-refractivity contribution in [2.45, 2.75) is 13.8 Å². The summed E-state index contributed by atoms with van der Waals surface area (Å²) in [7, 11) is 0. The second-order valence-electron chi connectivity index (χ2n) is 8.13. The lowest BCUT2D eigenvalue weighted by molar-refractivity contribution is 0.456. The van der Waals surface area contributed by atoms with E-state index in [9.17, 15) is 8.42 Å². The molecule has 2 atom stereocenters. The van der Waals surface area contributed by atoms with E-state index in [1.807, 2.05) is 62.4 Å². The Hall–Kier alpha value is -3.70. The fourth-order valence-corrected chi connectivity index (χ4v) is 4.81. The maximum atomic E-state index is 10.9. The molecule has 0 fully saturated rings. The van der Waals surface area contributed by atoms with E-state index in [0.29, 0.717) is 11.5 Å². The van der Waals surface area contributed by atoms with E-state index in [4.69, 9.17) is 27.4 Å². The van der Waals surface area contributed by atoms with Crippen molar-refractivity contribution in [2.75, 3.05) is 0 Å². The third-order valence-electron chi connectivity index (χ3n) is 5.68. The average molecular weight is 521 g/mol. The minimum Gasteiger partial charge on any atom is -0.380 e. The van der Waals surface area contributed by atoms with E-state index in [2.05, 4.69) is 0 Å². The summed E-state index contributed by atoms with van der Waals surface area (Å²) in [5.74, 6) is 0.590. The maximum Gasteiger partial charge on any atom is 0.357 e. The predicted molar refractivity (Wildman–Crippen MR) is 140 cm³/mol. The lowest BCUT2D eigenvalue weighted by atomic mass is 9.95. The molecule has 0 aliphatic heterocycles. The Kier molecular flexibility index (Phi) is 6.50. The summed E-state index contributed by atoms with van der Waals surface area (Å²) in [4.78, 5) is 9.66. The van der Waals surface area contributed by atoms with Crippen molar-refractivity contribution in [3.05, 3.63) is 84.2 Å². The molecule has 5 rings (SSSR count). The average Bonchev–Trinajstić information content (AvgIpc) is 2.83. The molecule has 8 nitrogen and oxygen atoms in total. The van der Waals surface area contributed by atoms with Gasteiger partial charge in [0.1, 0.15) is 11.5 Å². The van der Waals surface area contributed by atoms with Crippen molar-refractivity contribution in [3.8, 4) is 33.8 Å². The van der Waals surface area contributed by atoms with E-state index in [1.165, 1.54) is 0 Å². The number of aryl methyl sites for hydroxylation is 2. The van der Waals surface area contributed by atoms with Crippen molar-refractivity contribution in [2.24, 2.45) is 0 Å². The Morgan fingerprint density at radius 2 is 0.972 bits per heavy atom. The van der Waals surface area contributed by atoms with Crippen LogP contribution in [-0.2, 0) is 22.7 Å². The van der Waals surface area contributed by atoms with Crippen LogP contribution in [0.2, 0.25) is 0 Å². The molecule has 0 radical (unpaired) electrons. The van der Waals surface area contributed by atoms with Gasteiger partial charge in [-0.25, -0.2) is 0 Å². The highest BCUT2D eigenvalue weighted by Crippen LogP contribution is 2.37. The smallest absolute Gasteiger partial charge is 0.357 e. The molecule has 0 bridgehead atoms. The Morgan fingerprint density at radius 3 is 1.31 bits per heavy atom. The van der Waals surface area contributed by atoms with Crippen molar-refractivity contribution in [3.63, 3.8) is 0 Å². The van der Waals surface area contributed by atoms with E-state index in [0.717, 1.165) is 55.4 Å². The van der Waals surface area contributed by atoms with Gasteiger partial charge in [-0.15, -0.1) is 0 Å². The second kappa shape index (κ2) is 9.75. The quantitative estimate of drug-likeness (QED) is 0.214. The number of fused-ring (bicyclic) bond motifs is 3. The molecule has 2 unspecified atom stereocenters. The molecule has 2 N–H and O–H groups in total. The first-order valence-corrected chi connectivity index (χ1v) is 12.9. The standard InChI is InChI=1S/C26H20N2O6S2/c1-15-13-23(17-3-7-19(8-4-17)33-35(29)30)21-11-12-22-24(14-16(2)28-26(22)25(21)27-15)18-5-9-20(10-6-18)34-36(31)32/h3-14H,1-2H3,(H,29,30)(H,31,32). The summed E-state index contributed by atoms with van der Waals surface area (Å²) in [6.07, 6.45) is 0. The lowest BCUT2D eigenvalue weighted by Crippen LogP contribution is -1.97. The number of nitrogens with zero attached hydrogens (tertiary/aromatic N) is 2. The molecule has 182 valence electrons. The molecular formula is C26H20N2O6S2. The molecule has 0 saturated heterocycles. The fourth-order valence-electron chi connectivity index (χ4n) is 4.25. The molecule has 5 aromatic rings. The number of hydrogen-bond acceptors (Lipinski definition) is 6. The van der Waals surface area contributed by atoms with Gasteiger partial charge in [0.2, 0.25) is 0 Å². The molecule has 10 heteroatoms. The Labute approximate surface area is 211 Å². The van der Waals surface area contributed by atoms with Gasteiger partial charge in [0.15, 0.2) is 0 Å². The number of aromatic nitrogens is 2. The second-order valence-corrected chi connectivity index (χ2v) is 9.33. The Morgan fingerprint density at radius 1 is 0.611 bits per heavy atom. The first-order valence-electron chi connectivity index (χ1n) is 10.8. The van der Waals surface area contributed by atoms with Gasteiger partial charge in [-0.2, -0.15) is 8.42 Å². The normalized spacial score (nSPS) is 13.0. The zero-order valence-electron chi connectivity index (χ0n) is 19.2. The summed E-state index contributed by atoms with van der Waals surface area (Å²) in [6, 6.07) is 21.9. The van der Waals surface area contributed by atoms with Crippen LogP contribution in [0.1, 0.15) is 11.4 Å². The number of pyridine rings is 2. The number of hydrogen-bond donors (Lipinski definition) is 2. The van der Waals surface area contributed by atoms with Crippen molar-refractivity contribution in [1.82, 2.24) is 9.97 Å². The predicted octanol–water partition coefficient (Wildman–Crippen LogP) is 5.76. The zero-order valence-corrected chi connectivity index (χ0v) is 20.8. The first kappa shape index (κ1) is 24.0. The highest BCUT2D eigenvalue weighted by Gasteiger charge is 2.15. The molecule has 2 heterocycles. The van der Waals surface area contributed by atoms with Gasteiger partial charge >= 0.3 is 22.7 Å². The fraction of sp³-hybridized carbons (Fsp3) is 0.0769. The molecule has 0 spiro atoms. The molecule has 0 aliphatic carbocycles. The van der Waals surface area contributed by atoms with Crippen molar-refractivity contribution < 1.29 is 25.9 Å². The van der Waals surface area contributed by atoms with Crippen LogP contribution >= 0.6 is 0 Å². The molecule has 3 aromatic carbocycles. The summed E-state index contributed by atoms with van der Waals surface area (Å²) >= 11 is -4.77. The van der Waals surface area contributed by atoms with Gasteiger partial charge in [0.05, 0.1) is 11.0 Å². The Balaban J connectivity index is 1.67. The summed E-state index contributed by atoms with van der Waals surface area (Å²) in [5, 5.41) is 1.84. The van der Waals surface area contributed by atoms with E-state index >= 15 is 0 Å². The van der Waals surface area contributed by atoms with Crippen molar-refractivity contribution >= 4 is 44.5 Å². The summed E-state index contributed by atoms with van der Waals surface area (Å²) < 4.78 is 49.4. The van der Waals surface area contributed by atoms with Crippen LogP contribution in [0.15, 0.2) is 72.8 Å². The van der Waals surface area contributed by atoms with Gasteiger partial charge in [0.25, 0.3) is 0 Å². The molecule has 2 aromatic heterocycles. The monoisotopic (exact) mass is 520 g/mol. The molecule has 36 heavy (non-hydrogen) atoms. The molecule has 0 aliphatic rings.